The molecular weight excluding hydrogens is 344 g/mol. The lowest BCUT2D eigenvalue weighted by Crippen LogP contribution is -2.31. The zero-order valence-electron chi connectivity index (χ0n) is 17.7. The van der Waals surface area contributed by atoms with Crippen LogP contribution in [-0.2, 0) is 15.6 Å². The first-order valence-electron chi connectivity index (χ1n) is 9.52. The van der Waals surface area contributed by atoms with Gasteiger partial charge in [0.1, 0.15) is 10.5 Å². The third kappa shape index (κ3) is 5.67. The highest BCUT2D eigenvalue weighted by atomic mass is 32.2. The van der Waals surface area contributed by atoms with Gasteiger partial charge in [-0.05, 0) is 36.3 Å². The number of hydrogen-bond acceptors (Lipinski definition) is 3. The molecule has 0 aliphatic carbocycles. The molecule has 0 aliphatic heterocycles. The summed E-state index contributed by atoms with van der Waals surface area (Å²) in [7, 11) is 0. The van der Waals surface area contributed by atoms with E-state index >= 15 is 0 Å². The molecule has 0 heterocycles. The van der Waals surface area contributed by atoms with Crippen LogP contribution >= 0.6 is 11.8 Å². The Hall–Kier alpha value is -1.16. The molecule has 1 atom stereocenters. The molecule has 148 valence electrons. The first kappa shape index (κ1) is 22.9. The topological polar surface area (TPSA) is 57.5 Å². The summed E-state index contributed by atoms with van der Waals surface area (Å²) < 4.78 is -0.865. The van der Waals surface area contributed by atoms with Gasteiger partial charge in [0.2, 0.25) is 0 Å². The van der Waals surface area contributed by atoms with Crippen molar-refractivity contribution in [3.63, 3.8) is 0 Å². The van der Waals surface area contributed by atoms with Gasteiger partial charge in [-0.25, -0.2) is 0 Å². The molecule has 0 fully saturated rings. The van der Waals surface area contributed by atoms with E-state index in [4.69, 9.17) is 0 Å². The fraction of sp³-hybridized carbons (Fsp3) is 0.682. The van der Waals surface area contributed by atoms with Gasteiger partial charge in [0.15, 0.2) is 0 Å². The van der Waals surface area contributed by atoms with E-state index in [1.54, 1.807) is 0 Å². The second kappa shape index (κ2) is 8.24. The van der Waals surface area contributed by atoms with Crippen molar-refractivity contribution in [1.82, 2.24) is 0 Å². The van der Waals surface area contributed by atoms with E-state index in [9.17, 15) is 15.0 Å². The molecule has 3 nitrogen and oxygen atoms in total. The number of carbonyl (C=O) groups is 1. The van der Waals surface area contributed by atoms with E-state index in [2.05, 4.69) is 48.5 Å². The van der Waals surface area contributed by atoms with Crippen LogP contribution in [0.4, 0.5) is 0 Å². The second-order valence-corrected chi connectivity index (χ2v) is 11.0. The highest BCUT2D eigenvalue weighted by Crippen LogP contribution is 2.45. The van der Waals surface area contributed by atoms with Crippen molar-refractivity contribution in [3.8, 4) is 5.75 Å². The summed E-state index contributed by atoms with van der Waals surface area (Å²) in [6.45, 7) is 16.4. The number of aliphatic carboxylic acids is 1. The van der Waals surface area contributed by atoms with Gasteiger partial charge in [0.25, 0.3) is 0 Å². The molecule has 0 bridgehead atoms. The van der Waals surface area contributed by atoms with Crippen LogP contribution in [0.1, 0.15) is 92.2 Å². The maximum Gasteiger partial charge on any atom is 0.319 e. The largest absolute Gasteiger partial charge is 0.507 e. The SMILES string of the molecule is CCCCCC(C)(Sc1cc(C(C)(C)C)c(O)c(C(C)(C)C)c1)C(=O)O. The minimum Gasteiger partial charge on any atom is -0.507 e. The smallest absolute Gasteiger partial charge is 0.319 e. The lowest BCUT2D eigenvalue weighted by molar-refractivity contribution is -0.139. The predicted octanol–water partition coefficient (Wildman–Crippen LogP) is 6.50. The van der Waals surface area contributed by atoms with Crippen LogP contribution in [0, 0.1) is 0 Å². The summed E-state index contributed by atoms with van der Waals surface area (Å²) in [5.74, 6) is -0.446. The van der Waals surface area contributed by atoms with Gasteiger partial charge in [0, 0.05) is 16.0 Å². The predicted molar refractivity (Wildman–Crippen MR) is 112 cm³/mol. The summed E-state index contributed by atoms with van der Waals surface area (Å²) in [6, 6.07) is 3.94. The number of unbranched alkanes of at least 4 members (excludes halogenated alkanes) is 2. The Bertz CT molecular complexity index is 603. The molecule has 0 spiro atoms. The molecule has 1 unspecified atom stereocenters. The first-order chi connectivity index (χ1) is 11.7. The van der Waals surface area contributed by atoms with E-state index < -0.39 is 10.7 Å². The van der Waals surface area contributed by atoms with Crippen molar-refractivity contribution >= 4 is 17.7 Å². The van der Waals surface area contributed by atoms with Crippen molar-refractivity contribution < 1.29 is 15.0 Å². The molecule has 0 amide bonds. The van der Waals surface area contributed by atoms with Crippen molar-refractivity contribution in [1.29, 1.82) is 0 Å². The van der Waals surface area contributed by atoms with E-state index in [0.717, 1.165) is 35.3 Å². The van der Waals surface area contributed by atoms with Crippen molar-refractivity contribution in [2.45, 2.75) is 102 Å². The summed E-state index contributed by atoms with van der Waals surface area (Å²) in [5.41, 5.74) is 1.30. The molecule has 0 saturated carbocycles. The summed E-state index contributed by atoms with van der Waals surface area (Å²) in [6.07, 6.45) is 3.65. The van der Waals surface area contributed by atoms with Gasteiger partial charge in [-0.15, -0.1) is 11.8 Å². The van der Waals surface area contributed by atoms with Gasteiger partial charge in [0.05, 0.1) is 0 Å². The Morgan fingerprint density at radius 3 is 1.77 bits per heavy atom. The quantitative estimate of drug-likeness (QED) is 0.418. The number of carboxylic acid groups (broad SMARTS) is 1. The van der Waals surface area contributed by atoms with Gasteiger partial charge in [-0.2, -0.15) is 0 Å². The average Bonchev–Trinajstić information content (AvgIpc) is 2.46. The van der Waals surface area contributed by atoms with Gasteiger partial charge < -0.3 is 10.2 Å². The van der Waals surface area contributed by atoms with Gasteiger partial charge in [-0.1, -0.05) is 67.7 Å². The van der Waals surface area contributed by atoms with E-state index in [1.807, 2.05) is 19.1 Å². The molecular formula is C22H36O3S. The second-order valence-electron chi connectivity index (χ2n) is 9.46. The number of benzene rings is 1. The molecule has 4 heteroatoms. The number of phenols is 1. The van der Waals surface area contributed by atoms with Crippen LogP contribution in [0.3, 0.4) is 0 Å². The number of aromatic hydroxyl groups is 1. The van der Waals surface area contributed by atoms with Crippen molar-refractivity contribution in [2.75, 3.05) is 0 Å². The molecule has 1 aromatic rings. The molecule has 0 radical (unpaired) electrons. The summed E-state index contributed by atoms with van der Waals surface area (Å²) >= 11 is 1.41. The Kier molecular flexibility index (Phi) is 7.25. The number of rotatable bonds is 7. The van der Waals surface area contributed by atoms with Crippen LogP contribution in [0.5, 0.6) is 5.75 Å². The average molecular weight is 381 g/mol. The molecule has 0 aromatic heterocycles. The summed E-state index contributed by atoms with van der Waals surface area (Å²) in [5, 5.41) is 20.7. The lowest BCUT2D eigenvalue weighted by Gasteiger charge is -2.30. The molecule has 0 aliphatic rings. The zero-order chi connectivity index (χ0) is 20.3. The molecule has 26 heavy (non-hydrogen) atoms. The minimum atomic E-state index is -0.865. The number of carboxylic acids is 1. The maximum atomic E-state index is 12.0. The fourth-order valence-electron chi connectivity index (χ4n) is 2.98. The van der Waals surface area contributed by atoms with Crippen LogP contribution in [0.15, 0.2) is 17.0 Å². The third-order valence-corrected chi connectivity index (χ3v) is 6.05. The van der Waals surface area contributed by atoms with E-state index in [-0.39, 0.29) is 10.8 Å². The summed E-state index contributed by atoms with van der Waals surface area (Å²) in [4.78, 5) is 12.9. The lowest BCUT2D eigenvalue weighted by atomic mass is 9.79. The van der Waals surface area contributed by atoms with E-state index in [1.165, 1.54) is 11.8 Å². The van der Waals surface area contributed by atoms with Gasteiger partial charge >= 0.3 is 5.97 Å². The number of hydrogen-bond donors (Lipinski definition) is 2. The standard InChI is InChI=1S/C22H36O3S/c1-9-10-11-12-22(8,19(24)25)26-15-13-16(20(2,3)4)18(23)17(14-15)21(5,6)7/h13-14,23H,9-12H2,1-8H3,(H,24,25). The first-order valence-corrected chi connectivity index (χ1v) is 10.3. The zero-order valence-corrected chi connectivity index (χ0v) is 18.5. The number of phenolic OH excluding ortho intramolecular Hbond substituents is 1. The fourth-order valence-corrected chi connectivity index (χ4v) is 4.19. The molecule has 1 aromatic carbocycles. The van der Waals surface area contributed by atoms with Crippen molar-refractivity contribution in [2.24, 2.45) is 0 Å². The Morgan fingerprint density at radius 2 is 1.42 bits per heavy atom. The highest BCUT2D eigenvalue weighted by Gasteiger charge is 2.35. The Balaban J connectivity index is 3.40. The monoisotopic (exact) mass is 380 g/mol. The minimum absolute atomic E-state index is 0.220. The van der Waals surface area contributed by atoms with E-state index in [0.29, 0.717) is 12.2 Å². The number of thioether (sulfide) groups is 1. The van der Waals surface area contributed by atoms with Crippen LogP contribution in [-0.4, -0.2) is 20.9 Å². The molecule has 2 N–H and O–H groups in total. The third-order valence-electron chi connectivity index (χ3n) is 4.75. The van der Waals surface area contributed by atoms with Gasteiger partial charge in [-0.3, -0.25) is 4.79 Å². The normalized spacial score (nSPS) is 14.9. The van der Waals surface area contributed by atoms with Crippen LogP contribution in [0.2, 0.25) is 0 Å². The maximum absolute atomic E-state index is 12.0. The van der Waals surface area contributed by atoms with Crippen LogP contribution in [0.25, 0.3) is 0 Å². The Labute approximate surface area is 163 Å². The highest BCUT2D eigenvalue weighted by molar-refractivity contribution is 8.01. The van der Waals surface area contributed by atoms with Crippen LogP contribution < -0.4 is 0 Å². The Morgan fingerprint density at radius 1 is 0.962 bits per heavy atom. The van der Waals surface area contributed by atoms with Crippen molar-refractivity contribution in [3.05, 3.63) is 23.3 Å². The molecule has 0 saturated heterocycles. The molecule has 1 rings (SSSR count).